The van der Waals surface area contributed by atoms with Gasteiger partial charge >= 0.3 is 6.03 Å². The lowest BCUT2D eigenvalue weighted by Crippen LogP contribution is -2.43. The number of rotatable bonds is 5. The van der Waals surface area contributed by atoms with Gasteiger partial charge in [-0.2, -0.15) is 0 Å². The first kappa shape index (κ1) is 17.1. The summed E-state index contributed by atoms with van der Waals surface area (Å²) in [5.74, 6) is 2.15. The first-order valence-electron chi connectivity index (χ1n) is 8.42. The van der Waals surface area contributed by atoms with Gasteiger partial charge in [-0.1, -0.05) is 12.1 Å². The summed E-state index contributed by atoms with van der Waals surface area (Å²) in [5, 5.41) is 5.80. The predicted molar refractivity (Wildman–Crippen MR) is 95.0 cm³/mol. The van der Waals surface area contributed by atoms with E-state index < -0.39 is 0 Å². The molecule has 7 nitrogen and oxygen atoms in total. The maximum Gasteiger partial charge on any atom is 0.315 e. The number of anilines is 1. The van der Waals surface area contributed by atoms with Crippen LogP contribution in [0.5, 0.6) is 5.75 Å². The van der Waals surface area contributed by atoms with Crippen molar-refractivity contribution in [1.82, 2.24) is 15.6 Å². The summed E-state index contributed by atoms with van der Waals surface area (Å²) < 4.78 is 10.9. The van der Waals surface area contributed by atoms with Gasteiger partial charge < -0.3 is 24.7 Å². The van der Waals surface area contributed by atoms with Gasteiger partial charge in [0.25, 0.3) is 0 Å². The molecular formula is C18H24N4O3. The lowest BCUT2D eigenvalue weighted by atomic mass is 10.2. The second kappa shape index (κ2) is 7.46. The number of methoxy groups -OCH3 is 1. The van der Waals surface area contributed by atoms with Crippen LogP contribution >= 0.6 is 0 Å². The highest BCUT2D eigenvalue weighted by Gasteiger charge is 2.25. The number of urea groups is 1. The molecule has 0 bridgehead atoms. The smallest absolute Gasteiger partial charge is 0.315 e. The fourth-order valence-corrected chi connectivity index (χ4v) is 3.00. The number of aryl methyl sites for hydroxylation is 2. The normalized spacial score (nSPS) is 16.8. The Balaban J connectivity index is 1.50. The summed E-state index contributed by atoms with van der Waals surface area (Å²) in [7, 11) is 1.67. The average molecular weight is 344 g/mol. The van der Waals surface area contributed by atoms with Crippen molar-refractivity contribution in [2.24, 2.45) is 0 Å². The number of benzene rings is 1. The minimum atomic E-state index is -0.208. The van der Waals surface area contributed by atoms with Gasteiger partial charge in [-0.15, -0.1) is 0 Å². The van der Waals surface area contributed by atoms with Crippen LogP contribution in [0.2, 0.25) is 0 Å². The second-order valence-corrected chi connectivity index (χ2v) is 6.18. The quantitative estimate of drug-likeness (QED) is 0.870. The number of ether oxygens (including phenoxy) is 1. The Kier molecular flexibility index (Phi) is 5.11. The van der Waals surface area contributed by atoms with E-state index in [1.165, 1.54) is 0 Å². The summed E-state index contributed by atoms with van der Waals surface area (Å²) in [6, 6.07) is 7.81. The zero-order valence-electron chi connectivity index (χ0n) is 14.8. The zero-order chi connectivity index (χ0) is 17.8. The standard InChI is InChI=1S/C18H24N4O3/c1-12-13(2)25-17(20-12)10-19-18(23)21-14-8-9-22(11-14)15-6-4-5-7-16(15)24-3/h4-7,14H,8-11H2,1-3H3,(H2,19,21,23). The lowest BCUT2D eigenvalue weighted by Gasteiger charge is -2.21. The Bertz CT molecular complexity index is 724. The molecule has 0 saturated carbocycles. The van der Waals surface area contributed by atoms with Crippen LogP contribution in [0.4, 0.5) is 10.5 Å². The van der Waals surface area contributed by atoms with Crippen molar-refractivity contribution in [3.63, 3.8) is 0 Å². The number of para-hydroxylation sites is 2. The van der Waals surface area contributed by atoms with Crippen LogP contribution in [-0.2, 0) is 6.54 Å². The van der Waals surface area contributed by atoms with E-state index in [1.807, 2.05) is 38.1 Å². The molecule has 1 unspecified atom stereocenters. The molecule has 1 aromatic heterocycles. The third kappa shape index (κ3) is 4.04. The van der Waals surface area contributed by atoms with Gasteiger partial charge in [-0.3, -0.25) is 0 Å². The lowest BCUT2D eigenvalue weighted by molar-refractivity contribution is 0.236. The number of carbonyl (C=O) groups is 1. The maximum atomic E-state index is 12.1. The highest BCUT2D eigenvalue weighted by molar-refractivity contribution is 5.74. The largest absolute Gasteiger partial charge is 0.495 e. The predicted octanol–water partition coefficient (Wildman–Crippen LogP) is 2.38. The molecule has 134 valence electrons. The van der Waals surface area contributed by atoms with Crippen LogP contribution in [0.1, 0.15) is 23.8 Å². The van der Waals surface area contributed by atoms with Crippen molar-refractivity contribution in [1.29, 1.82) is 0 Å². The minimum Gasteiger partial charge on any atom is -0.495 e. The van der Waals surface area contributed by atoms with Crippen molar-refractivity contribution in [3.05, 3.63) is 41.6 Å². The summed E-state index contributed by atoms with van der Waals surface area (Å²) in [4.78, 5) is 18.6. The molecule has 1 saturated heterocycles. The van der Waals surface area contributed by atoms with E-state index in [2.05, 4.69) is 20.5 Å². The van der Waals surface area contributed by atoms with Crippen LogP contribution in [-0.4, -0.2) is 37.3 Å². The van der Waals surface area contributed by atoms with Gasteiger partial charge in [0.2, 0.25) is 5.89 Å². The molecule has 1 aliphatic heterocycles. The molecule has 3 rings (SSSR count). The van der Waals surface area contributed by atoms with Crippen LogP contribution < -0.4 is 20.3 Å². The molecule has 0 radical (unpaired) electrons. The molecule has 1 atom stereocenters. The molecule has 25 heavy (non-hydrogen) atoms. The Morgan fingerprint density at radius 1 is 1.40 bits per heavy atom. The molecule has 2 aromatic rings. The Hall–Kier alpha value is -2.70. The van der Waals surface area contributed by atoms with Crippen molar-refractivity contribution in [3.8, 4) is 5.75 Å². The minimum absolute atomic E-state index is 0.0953. The van der Waals surface area contributed by atoms with E-state index in [1.54, 1.807) is 7.11 Å². The summed E-state index contributed by atoms with van der Waals surface area (Å²) >= 11 is 0. The number of hydrogen-bond donors (Lipinski definition) is 2. The van der Waals surface area contributed by atoms with E-state index in [4.69, 9.17) is 9.15 Å². The number of carbonyl (C=O) groups excluding carboxylic acids is 1. The van der Waals surface area contributed by atoms with Crippen LogP contribution in [0, 0.1) is 13.8 Å². The third-order valence-corrected chi connectivity index (χ3v) is 4.42. The van der Waals surface area contributed by atoms with Crippen LogP contribution in [0.3, 0.4) is 0 Å². The molecular weight excluding hydrogens is 320 g/mol. The molecule has 1 aliphatic rings. The first-order chi connectivity index (χ1) is 12.1. The van der Waals surface area contributed by atoms with E-state index >= 15 is 0 Å². The van der Waals surface area contributed by atoms with E-state index in [0.717, 1.165) is 42.4 Å². The van der Waals surface area contributed by atoms with Gasteiger partial charge in [0.1, 0.15) is 11.5 Å². The van der Waals surface area contributed by atoms with E-state index in [9.17, 15) is 4.79 Å². The Morgan fingerprint density at radius 2 is 2.20 bits per heavy atom. The molecule has 1 fully saturated rings. The monoisotopic (exact) mass is 344 g/mol. The van der Waals surface area contributed by atoms with Gasteiger partial charge in [-0.25, -0.2) is 9.78 Å². The van der Waals surface area contributed by atoms with Crippen molar-refractivity contribution in [2.45, 2.75) is 32.9 Å². The second-order valence-electron chi connectivity index (χ2n) is 6.18. The maximum absolute atomic E-state index is 12.1. The van der Waals surface area contributed by atoms with Gasteiger partial charge in [-0.05, 0) is 32.4 Å². The third-order valence-electron chi connectivity index (χ3n) is 4.42. The van der Waals surface area contributed by atoms with Gasteiger partial charge in [0.15, 0.2) is 0 Å². The summed E-state index contributed by atoms with van der Waals surface area (Å²) in [6.07, 6.45) is 0.892. The van der Waals surface area contributed by atoms with Crippen LogP contribution in [0.15, 0.2) is 28.7 Å². The fourth-order valence-electron chi connectivity index (χ4n) is 3.00. The van der Waals surface area contributed by atoms with Gasteiger partial charge in [0, 0.05) is 19.1 Å². The molecule has 0 spiro atoms. The molecule has 2 heterocycles. The summed E-state index contributed by atoms with van der Waals surface area (Å²) in [5.41, 5.74) is 1.90. The number of oxazole rings is 1. The van der Waals surface area contributed by atoms with E-state index in [-0.39, 0.29) is 18.6 Å². The van der Waals surface area contributed by atoms with Crippen molar-refractivity contribution >= 4 is 11.7 Å². The highest BCUT2D eigenvalue weighted by Crippen LogP contribution is 2.30. The SMILES string of the molecule is COc1ccccc1N1CCC(NC(=O)NCc2nc(C)c(C)o2)C1. The number of nitrogens with one attached hydrogen (secondary N) is 2. The molecule has 2 N–H and O–H groups in total. The number of aromatic nitrogens is 1. The highest BCUT2D eigenvalue weighted by atomic mass is 16.5. The first-order valence-corrected chi connectivity index (χ1v) is 8.42. The summed E-state index contributed by atoms with van der Waals surface area (Å²) in [6.45, 7) is 5.65. The number of amides is 2. The van der Waals surface area contributed by atoms with E-state index in [0.29, 0.717) is 5.89 Å². The van der Waals surface area contributed by atoms with Gasteiger partial charge in [0.05, 0.1) is 25.0 Å². The molecule has 1 aromatic carbocycles. The number of hydrogen-bond acceptors (Lipinski definition) is 5. The Labute approximate surface area is 147 Å². The fraction of sp³-hybridized carbons (Fsp3) is 0.444. The topological polar surface area (TPSA) is 79.6 Å². The molecule has 0 aliphatic carbocycles. The van der Waals surface area contributed by atoms with Crippen LogP contribution in [0.25, 0.3) is 0 Å². The zero-order valence-corrected chi connectivity index (χ0v) is 14.8. The molecule has 2 amide bonds. The average Bonchev–Trinajstić information content (AvgIpc) is 3.20. The van der Waals surface area contributed by atoms with Crippen molar-refractivity contribution < 1.29 is 13.9 Å². The molecule has 7 heteroatoms. The number of nitrogens with zero attached hydrogens (tertiary/aromatic N) is 2. The Morgan fingerprint density at radius 3 is 2.92 bits per heavy atom. The van der Waals surface area contributed by atoms with Crippen molar-refractivity contribution in [2.75, 3.05) is 25.1 Å².